The molecular weight excluding hydrogens is 586 g/mol. The van der Waals surface area contributed by atoms with Gasteiger partial charge in [0, 0.05) is 45.8 Å². The predicted molar refractivity (Wildman–Crippen MR) is 173 cm³/mol. The second-order valence-electron chi connectivity index (χ2n) is 11.3. The number of carbonyl (C=O) groups excluding carboxylic acids is 1. The molecule has 0 saturated carbocycles. The van der Waals surface area contributed by atoms with Crippen LogP contribution in [0.15, 0.2) is 84.9 Å². The summed E-state index contributed by atoms with van der Waals surface area (Å²) in [6.45, 7) is 1.43. The molecule has 0 spiro atoms. The molecular formula is C35H31N5O6. The van der Waals surface area contributed by atoms with Crippen molar-refractivity contribution in [1.29, 1.82) is 0 Å². The Morgan fingerprint density at radius 1 is 0.674 bits per heavy atom. The highest BCUT2D eigenvalue weighted by atomic mass is 16.5. The summed E-state index contributed by atoms with van der Waals surface area (Å²) in [6, 6.07) is 24.9. The number of amides is 1. The van der Waals surface area contributed by atoms with Gasteiger partial charge in [0.05, 0.1) is 29.9 Å². The first kappa shape index (κ1) is 29.4. The summed E-state index contributed by atoms with van der Waals surface area (Å²) >= 11 is 0. The summed E-state index contributed by atoms with van der Waals surface area (Å²) in [5.74, 6) is 0.442. The fraction of sp³-hybridized carbons (Fsp3) is 0.171. The molecule has 0 aliphatic carbocycles. The van der Waals surface area contributed by atoms with Crippen LogP contribution in [0.5, 0.6) is 5.75 Å². The standard InChI is InChI=1S/C35H31N5O6/c1-17(41)36-20-7-3-18(4-8-20)28-24-13-9-21(37-24)15-26-32(42)33(43)27(39-26)16-22-10-14-25(38-22)29(19-5-11-23(46-2)12-6-19)31-35(45)34(44)30(28)40-31/h3-16,32-35,37-38,42-45H,1-2H3,(H,36,41)/t32?,33?,34-,35-/m0/s1. The molecule has 7 rings (SSSR count). The lowest BCUT2D eigenvalue weighted by Gasteiger charge is -2.13. The Kier molecular flexibility index (Phi) is 7.38. The lowest BCUT2D eigenvalue weighted by atomic mass is 9.97. The smallest absolute Gasteiger partial charge is 0.221 e. The molecule has 4 atom stereocenters. The highest BCUT2D eigenvalue weighted by Gasteiger charge is 2.34. The number of aromatic amines is 2. The van der Waals surface area contributed by atoms with E-state index in [1.807, 2.05) is 18.2 Å². The molecule has 232 valence electrons. The summed E-state index contributed by atoms with van der Waals surface area (Å²) in [4.78, 5) is 27.7. The molecule has 0 radical (unpaired) electrons. The highest BCUT2D eigenvalue weighted by molar-refractivity contribution is 5.90. The first-order chi connectivity index (χ1) is 22.2. The Bertz CT molecular complexity index is 2120. The SMILES string of the molecule is COc1ccc(-c2c3nc(c(-c4ccc(NC(C)=O)cc4)c4ccc(cc5nc(cc6ccc2[nH]6)C(O)C5O)[nH]4)[C@H](O)[C@H]3O)cc1. The normalized spacial score (nSPS) is 19.2. The van der Waals surface area contributed by atoms with Crippen LogP contribution < -0.4 is 10.1 Å². The molecule has 11 heteroatoms. The number of hydrogen-bond acceptors (Lipinski definition) is 8. The van der Waals surface area contributed by atoms with E-state index in [1.165, 1.54) is 6.92 Å². The Hall–Kier alpha value is -5.33. The van der Waals surface area contributed by atoms with Crippen molar-refractivity contribution < 1.29 is 30.0 Å². The van der Waals surface area contributed by atoms with Crippen molar-refractivity contribution in [3.63, 3.8) is 0 Å². The lowest BCUT2D eigenvalue weighted by molar-refractivity contribution is -0.114. The number of benzene rings is 2. The zero-order chi connectivity index (χ0) is 32.1. The molecule has 2 aliphatic heterocycles. The number of hydrogen-bond donors (Lipinski definition) is 7. The lowest BCUT2D eigenvalue weighted by Crippen LogP contribution is -2.06. The fourth-order valence-corrected chi connectivity index (χ4v) is 5.98. The number of carbonyl (C=O) groups is 1. The number of methoxy groups -OCH3 is 1. The third kappa shape index (κ3) is 5.21. The number of aliphatic hydroxyl groups is 4. The minimum absolute atomic E-state index is 0.207. The third-order valence-electron chi connectivity index (χ3n) is 8.21. The van der Waals surface area contributed by atoms with E-state index in [0.717, 1.165) is 0 Å². The van der Waals surface area contributed by atoms with Gasteiger partial charge in [-0.2, -0.15) is 0 Å². The van der Waals surface area contributed by atoms with Crippen molar-refractivity contribution in [2.45, 2.75) is 31.3 Å². The van der Waals surface area contributed by atoms with Gasteiger partial charge in [-0.1, -0.05) is 24.3 Å². The van der Waals surface area contributed by atoms with Crippen LogP contribution in [0.25, 0.3) is 44.3 Å². The van der Waals surface area contributed by atoms with Crippen LogP contribution in [-0.4, -0.2) is 53.4 Å². The van der Waals surface area contributed by atoms with E-state index in [-0.39, 0.29) is 28.7 Å². The summed E-state index contributed by atoms with van der Waals surface area (Å²) in [5, 5.41) is 47.6. The zero-order valence-corrected chi connectivity index (χ0v) is 24.9. The van der Waals surface area contributed by atoms with E-state index in [4.69, 9.17) is 9.72 Å². The van der Waals surface area contributed by atoms with E-state index in [9.17, 15) is 25.2 Å². The van der Waals surface area contributed by atoms with Crippen LogP contribution >= 0.6 is 0 Å². The van der Waals surface area contributed by atoms with Crippen molar-refractivity contribution in [2.24, 2.45) is 0 Å². The van der Waals surface area contributed by atoms with Gasteiger partial charge in [-0.15, -0.1) is 0 Å². The van der Waals surface area contributed by atoms with E-state index < -0.39 is 24.4 Å². The molecule has 2 aromatic carbocycles. The van der Waals surface area contributed by atoms with Gasteiger partial charge < -0.3 is 40.4 Å². The van der Waals surface area contributed by atoms with E-state index in [0.29, 0.717) is 55.8 Å². The van der Waals surface area contributed by atoms with Gasteiger partial charge in [-0.05, 0) is 71.8 Å². The summed E-state index contributed by atoms with van der Waals surface area (Å²) in [6.07, 6.45) is -5.22. The molecule has 46 heavy (non-hydrogen) atoms. The Morgan fingerprint density at radius 2 is 1.15 bits per heavy atom. The quantitative estimate of drug-likeness (QED) is 0.145. The van der Waals surface area contributed by atoms with Crippen LogP contribution in [0.1, 0.15) is 54.1 Å². The van der Waals surface area contributed by atoms with Gasteiger partial charge in [0.2, 0.25) is 5.91 Å². The molecule has 5 heterocycles. The maximum Gasteiger partial charge on any atom is 0.221 e. The summed E-state index contributed by atoms with van der Waals surface area (Å²) in [5.41, 5.74) is 6.48. The number of rotatable bonds is 4. The van der Waals surface area contributed by atoms with E-state index >= 15 is 0 Å². The first-order valence-electron chi connectivity index (χ1n) is 14.7. The molecule has 5 aromatic rings. The summed E-state index contributed by atoms with van der Waals surface area (Å²) < 4.78 is 5.36. The number of aromatic nitrogens is 4. The zero-order valence-electron chi connectivity index (χ0n) is 24.9. The van der Waals surface area contributed by atoms with Crippen molar-refractivity contribution in [2.75, 3.05) is 12.4 Å². The maximum absolute atomic E-state index is 11.6. The van der Waals surface area contributed by atoms with Crippen LogP contribution in [0, 0.1) is 0 Å². The number of nitrogens with one attached hydrogen (secondary N) is 3. The molecule has 1 amide bonds. The van der Waals surface area contributed by atoms with Gasteiger partial charge >= 0.3 is 0 Å². The molecule has 8 bridgehead atoms. The van der Waals surface area contributed by atoms with Gasteiger partial charge in [0.15, 0.2) is 0 Å². The van der Waals surface area contributed by atoms with Gasteiger partial charge in [-0.25, -0.2) is 0 Å². The van der Waals surface area contributed by atoms with Crippen molar-refractivity contribution >= 4 is 33.7 Å². The second-order valence-corrected chi connectivity index (χ2v) is 11.3. The molecule has 2 aliphatic rings. The molecule has 11 nitrogen and oxygen atoms in total. The average Bonchev–Trinajstić information content (AvgIpc) is 3.82. The average molecular weight is 618 g/mol. The summed E-state index contributed by atoms with van der Waals surface area (Å²) in [7, 11) is 1.58. The number of aliphatic hydroxyl groups excluding tert-OH is 4. The number of anilines is 1. The fourth-order valence-electron chi connectivity index (χ4n) is 5.98. The Morgan fingerprint density at radius 3 is 1.61 bits per heavy atom. The largest absolute Gasteiger partial charge is 0.497 e. The minimum Gasteiger partial charge on any atom is -0.497 e. The van der Waals surface area contributed by atoms with Gasteiger partial charge in [-0.3, -0.25) is 14.8 Å². The minimum atomic E-state index is -1.38. The van der Waals surface area contributed by atoms with Crippen LogP contribution in [-0.2, 0) is 4.79 Å². The predicted octanol–water partition coefficient (Wildman–Crippen LogP) is 5.15. The third-order valence-corrected chi connectivity index (χ3v) is 8.21. The molecule has 7 N–H and O–H groups in total. The number of H-pyrrole nitrogens is 2. The van der Waals surface area contributed by atoms with Crippen molar-refractivity contribution in [3.05, 3.63) is 108 Å². The number of fused-ring (bicyclic) bond motifs is 8. The van der Waals surface area contributed by atoms with Crippen LogP contribution in [0.3, 0.4) is 0 Å². The molecule has 2 unspecified atom stereocenters. The van der Waals surface area contributed by atoms with E-state index in [1.54, 1.807) is 73.8 Å². The molecule has 0 saturated heterocycles. The topological polar surface area (TPSA) is 177 Å². The van der Waals surface area contributed by atoms with Crippen molar-refractivity contribution in [1.82, 2.24) is 19.9 Å². The van der Waals surface area contributed by atoms with Gasteiger partial charge in [0.1, 0.15) is 30.2 Å². The van der Waals surface area contributed by atoms with Crippen molar-refractivity contribution in [3.8, 4) is 28.0 Å². The second kappa shape index (κ2) is 11.5. The first-order valence-corrected chi connectivity index (χ1v) is 14.7. The van der Waals surface area contributed by atoms with E-state index in [2.05, 4.69) is 20.3 Å². The monoisotopic (exact) mass is 617 g/mol. The molecule has 0 fully saturated rings. The maximum atomic E-state index is 11.6. The molecule has 3 aromatic heterocycles. The Balaban J connectivity index is 1.60. The number of ether oxygens (including phenoxy) is 1. The van der Waals surface area contributed by atoms with Crippen LogP contribution in [0.2, 0.25) is 0 Å². The highest BCUT2D eigenvalue weighted by Crippen LogP contribution is 2.44. The number of nitrogens with zero attached hydrogens (tertiary/aromatic N) is 2. The van der Waals surface area contributed by atoms with Gasteiger partial charge in [0.25, 0.3) is 0 Å². The van der Waals surface area contributed by atoms with Crippen LogP contribution in [0.4, 0.5) is 5.69 Å². The Labute approximate surface area is 262 Å².